The second-order valence-corrected chi connectivity index (χ2v) is 7.71. The van der Waals surface area contributed by atoms with E-state index in [9.17, 15) is 4.79 Å². The lowest BCUT2D eigenvalue weighted by Gasteiger charge is -2.28. The molecule has 1 amide bonds. The predicted octanol–water partition coefficient (Wildman–Crippen LogP) is 2.41. The fraction of sp³-hybridized carbons (Fsp3) is 0.625. The summed E-state index contributed by atoms with van der Waals surface area (Å²) in [5.74, 6) is 3.12. The molecular formula is C16H21N5OS. The number of nitrogens with zero attached hydrogens (tertiary/aromatic N) is 3. The number of thiazole rings is 1. The first-order valence-electron chi connectivity index (χ1n) is 8.28. The number of fused-ring (bicyclic) bond motifs is 2. The number of aromatic nitrogens is 4. The van der Waals surface area contributed by atoms with Crippen LogP contribution >= 0.6 is 11.3 Å². The average Bonchev–Trinajstić information content (AvgIpc) is 3.30. The Hall–Kier alpha value is -1.76. The van der Waals surface area contributed by atoms with Gasteiger partial charge in [-0.15, -0.1) is 11.3 Å². The van der Waals surface area contributed by atoms with Gasteiger partial charge in [0.2, 0.25) is 5.91 Å². The number of amides is 1. The van der Waals surface area contributed by atoms with Crippen molar-refractivity contribution in [2.75, 3.05) is 0 Å². The first-order chi connectivity index (χ1) is 11.2. The van der Waals surface area contributed by atoms with Gasteiger partial charge in [-0.25, -0.2) is 9.97 Å². The first kappa shape index (κ1) is 14.8. The number of hydrogen-bond acceptors (Lipinski definition) is 5. The van der Waals surface area contributed by atoms with Gasteiger partial charge in [-0.2, -0.15) is 5.10 Å². The largest absolute Gasteiger partial charge is 0.353 e. The zero-order valence-electron chi connectivity index (χ0n) is 13.2. The summed E-state index contributed by atoms with van der Waals surface area (Å²) in [6.45, 7) is 2.16. The molecule has 2 aromatic heterocycles. The van der Waals surface area contributed by atoms with Crippen molar-refractivity contribution in [2.24, 2.45) is 17.8 Å². The Balaban J connectivity index is 1.33. The summed E-state index contributed by atoms with van der Waals surface area (Å²) < 4.78 is 0. The van der Waals surface area contributed by atoms with Gasteiger partial charge in [0.25, 0.3) is 0 Å². The van der Waals surface area contributed by atoms with Crippen LogP contribution in [0.1, 0.15) is 38.3 Å². The van der Waals surface area contributed by atoms with Crippen molar-refractivity contribution in [1.82, 2.24) is 25.5 Å². The van der Waals surface area contributed by atoms with Gasteiger partial charge >= 0.3 is 0 Å². The molecule has 2 aromatic rings. The van der Waals surface area contributed by atoms with E-state index < -0.39 is 0 Å². The minimum Gasteiger partial charge on any atom is -0.353 e. The third kappa shape index (κ3) is 3.02. The molecule has 0 aromatic carbocycles. The third-order valence-electron chi connectivity index (χ3n) is 5.33. The van der Waals surface area contributed by atoms with E-state index in [1.54, 1.807) is 0 Å². The first-order valence-corrected chi connectivity index (χ1v) is 9.16. The molecule has 0 spiro atoms. The second kappa shape index (κ2) is 6.03. The van der Waals surface area contributed by atoms with E-state index in [1.165, 1.54) is 43.3 Å². The summed E-state index contributed by atoms with van der Waals surface area (Å²) in [7, 11) is 0. The Morgan fingerprint density at radius 1 is 1.48 bits per heavy atom. The van der Waals surface area contributed by atoms with Crippen molar-refractivity contribution in [3.8, 4) is 10.8 Å². The van der Waals surface area contributed by atoms with Crippen molar-refractivity contribution in [3.05, 3.63) is 17.4 Å². The van der Waals surface area contributed by atoms with Crippen molar-refractivity contribution in [2.45, 2.75) is 45.1 Å². The zero-order valence-corrected chi connectivity index (χ0v) is 14.0. The summed E-state index contributed by atoms with van der Waals surface area (Å²) in [6, 6.07) is 0.269. The number of carbonyl (C=O) groups is 1. The average molecular weight is 331 g/mol. The molecule has 4 rings (SSSR count). The summed E-state index contributed by atoms with van der Waals surface area (Å²) >= 11 is 1.48. The molecule has 2 N–H and O–H groups in total. The molecule has 2 aliphatic rings. The van der Waals surface area contributed by atoms with Gasteiger partial charge < -0.3 is 5.32 Å². The Labute approximate surface area is 139 Å². The molecule has 0 radical (unpaired) electrons. The highest BCUT2D eigenvalue weighted by Gasteiger charge is 2.42. The number of nitrogens with one attached hydrogen (secondary N) is 2. The smallest absolute Gasteiger partial charge is 0.226 e. The van der Waals surface area contributed by atoms with E-state index in [2.05, 4.69) is 32.4 Å². The van der Waals surface area contributed by atoms with Crippen LogP contribution in [0.5, 0.6) is 0 Å². The van der Waals surface area contributed by atoms with Crippen LogP contribution in [0.4, 0.5) is 0 Å². The van der Waals surface area contributed by atoms with Crippen LogP contribution in [0.15, 0.2) is 11.7 Å². The number of rotatable bonds is 5. The molecule has 2 fully saturated rings. The van der Waals surface area contributed by atoms with Crippen LogP contribution in [-0.2, 0) is 11.2 Å². The van der Waals surface area contributed by atoms with Gasteiger partial charge in [-0.1, -0.05) is 6.42 Å². The maximum Gasteiger partial charge on any atom is 0.226 e. The molecular weight excluding hydrogens is 310 g/mol. The minimum absolute atomic E-state index is 0.0645. The van der Waals surface area contributed by atoms with Gasteiger partial charge in [-0.3, -0.25) is 9.89 Å². The molecule has 122 valence electrons. The third-order valence-corrected chi connectivity index (χ3v) is 6.23. The Bertz CT molecular complexity index is 682. The molecule has 6 nitrogen and oxygen atoms in total. The lowest BCUT2D eigenvalue weighted by atomic mass is 9.84. The number of hydrogen-bond donors (Lipinski definition) is 2. The summed E-state index contributed by atoms with van der Waals surface area (Å²) in [6.07, 6.45) is 7.19. The molecule has 2 bridgehead atoms. The van der Waals surface area contributed by atoms with Crippen LogP contribution < -0.4 is 5.32 Å². The van der Waals surface area contributed by atoms with E-state index in [0.717, 1.165) is 22.5 Å². The quantitative estimate of drug-likeness (QED) is 0.881. The molecule has 2 saturated carbocycles. The molecule has 0 unspecified atom stereocenters. The fourth-order valence-corrected chi connectivity index (χ4v) is 5.05. The van der Waals surface area contributed by atoms with Gasteiger partial charge in [0, 0.05) is 11.4 Å². The molecule has 2 aliphatic carbocycles. The minimum atomic E-state index is 0.0645. The second-order valence-electron chi connectivity index (χ2n) is 6.85. The van der Waals surface area contributed by atoms with Crippen LogP contribution in [0.2, 0.25) is 0 Å². The normalized spacial score (nSPS) is 27.3. The molecule has 0 aliphatic heterocycles. The number of H-pyrrole nitrogens is 1. The Morgan fingerprint density at radius 3 is 3.09 bits per heavy atom. The lowest BCUT2D eigenvalue weighted by Crippen LogP contribution is -2.40. The van der Waals surface area contributed by atoms with E-state index in [-0.39, 0.29) is 11.9 Å². The molecule has 0 saturated heterocycles. The highest BCUT2D eigenvalue weighted by molar-refractivity contribution is 7.13. The Morgan fingerprint density at radius 2 is 2.39 bits per heavy atom. The fourth-order valence-electron chi connectivity index (χ4n) is 4.29. The number of aromatic amines is 1. The van der Waals surface area contributed by atoms with Gasteiger partial charge in [-0.05, 0) is 43.9 Å². The highest BCUT2D eigenvalue weighted by atomic mass is 32.1. The Kier molecular flexibility index (Phi) is 3.88. The molecule has 23 heavy (non-hydrogen) atoms. The van der Waals surface area contributed by atoms with E-state index in [0.29, 0.717) is 18.2 Å². The SMILES string of the molecule is C[C@H](NC(=O)Cc1csc(-c2ncn[nH]2)n1)[C@H]1C[C@H]2CC[C@H]1C2. The van der Waals surface area contributed by atoms with Crippen molar-refractivity contribution < 1.29 is 4.79 Å². The van der Waals surface area contributed by atoms with Crippen molar-refractivity contribution in [3.63, 3.8) is 0 Å². The number of carbonyl (C=O) groups excluding carboxylic acids is 1. The monoisotopic (exact) mass is 331 g/mol. The predicted molar refractivity (Wildman–Crippen MR) is 87.7 cm³/mol. The van der Waals surface area contributed by atoms with E-state index in [1.807, 2.05) is 5.38 Å². The van der Waals surface area contributed by atoms with Crippen LogP contribution in [0.25, 0.3) is 10.8 Å². The molecule has 7 heteroatoms. The van der Waals surface area contributed by atoms with Crippen LogP contribution in [0, 0.1) is 17.8 Å². The van der Waals surface area contributed by atoms with Gasteiger partial charge in [0.1, 0.15) is 6.33 Å². The summed E-state index contributed by atoms with van der Waals surface area (Å²) in [4.78, 5) is 20.8. The summed E-state index contributed by atoms with van der Waals surface area (Å²) in [5, 5.41) is 12.5. The van der Waals surface area contributed by atoms with Crippen LogP contribution in [0.3, 0.4) is 0 Å². The van der Waals surface area contributed by atoms with Crippen molar-refractivity contribution in [1.29, 1.82) is 0 Å². The van der Waals surface area contributed by atoms with Crippen LogP contribution in [-0.4, -0.2) is 32.1 Å². The van der Waals surface area contributed by atoms with Gasteiger partial charge in [0.05, 0.1) is 12.1 Å². The molecule has 2 heterocycles. The zero-order chi connectivity index (χ0) is 15.8. The van der Waals surface area contributed by atoms with Gasteiger partial charge in [0.15, 0.2) is 10.8 Å². The standard InChI is InChI=1S/C16H21N5OS/c1-9(13-5-10-2-3-11(13)4-10)19-14(22)6-12-7-23-16(20-12)15-17-8-18-21-15/h7-11,13H,2-6H2,1H3,(H,19,22)(H,17,18,21)/t9-,10-,11-,13+/m0/s1. The highest BCUT2D eigenvalue weighted by Crippen LogP contribution is 2.49. The maximum absolute atomic E-state index is 12.3. The lowest BCUT2D eigenvalue weighted by molar-refractivity contribution is -0.121. The van der Waals surface area contributed by atoms with E-state index >= 15 is 0 Å². The van der Waals surface area contributed by atoms with E-state index in [4.69, 9.17) is 0 Å². The molecule has 4 atom stereocenters. The maximum atomic E-state index is 12.3. The topological polar surface area (TPSA) is 83.6 Å². The summed E-state index contributed by atoms with van der Waals surface area (Å²) in [5.41, 5.74) is 0.791. The van der Waals surface area contributed by atoms with Crippen molar-refractivity contribution >= 4 is 17.2 Å².